The van der Waals surface area contributed by atoms with Gasteiger partial charge in [-0.15, -0.1) is 0 Å². The summed E-state index contributed by atoms with van der Waals surface area (Å²) in [5, 5.41) is 3.98. The predicted molar refractivity (Wildman–Crippen MR) is 121 cm³/mol. The Morgan fingerprint density at radius 3 is 2.27 bits per heavy atom. The van der Waals surface area contributed by atoms with Crippen LogP contribution in [-0.2, 0) is 6.18 Å². The number of nitrogens with one attached hydrogen (secondary N) is 1. The van der Waals surface area contributed by atoms with Crippen molar-refractivity contribution in [1.82, 2.24) is 14.6 Å². The number of hydrogen-bond acceptors (Lipinski definition) is 2. The van der Waals surface area contributed by atoms with Crippen molar-refractivity contribution in [1.29, 1.82) is 0 Å². The molecule has 0 aliphatic carbocycles. The number of amides is 1. The number of aryl methyl sites for hydroxylation is 2. The maximum absolute atomic E-state index is 13.0. The number of hydrogen-bond donors (Lipinski definition) is 1. The van der Waals surface area contributed by atoms with E-state index in [4.69, 9.17) is 0 Å². The van der Waals surface area contributed by atoms with E-state index in [1.807, 2.05) is 38.1 Å². The van der Waals surface area contributed by atoms with Gasteiger partial charge in [0.15, 0.2) is 0 Å². The highest BCUT2D eigenvalue weighted by Gasteiger charge is 2.30. The van der Waals surface area contributed by atoms with Gasteiger partial charge in [0, 0.05) is 34.5 Å². The van der Waals surface area contributed by atoms with Gasteiger partial charge in [-0.3, -0.25) is 4.79 Å². The molecular formula is C25H21F3N4O. The molecule has 2 aromatic carbocycles. The van der Waals surface area contributed by atoms with Crippen molar-refractivity contribution in [2.75, 3.05) is 0 Å². The third-order valence-electron chi connectivity index (χ3n) is 5.25. The quantitative estimate of drug-likeness (QED) is 0.309. The second kappa shape index (κ2) is 8.82. The van der Waals surface area contributed by atoms with Gasteiger partial charge in [-0.2, -0.15) is 18.3 Å². The Bertz CT molecular complexity index is 1290. The van der Waals surface area contributed by atoms with Crippen LogP contribution in [0.2, 0.25) is 0 Å². The topological polar surface area (TPSA) is 51.3 Å². The molecular weight excluding hydrogens is 429 g/mol. The van der Waals surface area contributed by atoms with Crippen molar-refractivity contribution in [2.24, 2.45) is 5.10 Å². The molecule has 8 heteroatoms. The van der Waals surface area contributed by atoms with Gasteiger partial charge in [-0.05, 0) is 80.6 Å². The van der Waals surface area contributed by atoms with E-state index in [2.05, 4.69) is 15.1 Å². The van der Waals surface area contributed by atoms with Crippen molar-refractivity contribution in [3.8, 4) is 11.4 Å². The molecule has 0 aliphatic rings. The van der Waals surface area contributed by atoms with Gasteiger partial charge >= 0.3 is 6.18 Å². The molecule has 0 aliphatic heterocycles. The van der Waals surface area contributed by atoms with E-state index in [1.54, 1.807) is 41.1 Å². The summed E-state index contributed by atoms with van der Waals surface area (Å²) in [5.74, 6) is -0.393. The van der Waals surface area contributed by atoms with Crippen LogP contribution in [0.15, 0.2) is 84.1 Å². The zero-order chi connectivity index (χ0) is 23.6. The van der Waals surface area contributed by atoms with Crippen LogP contribution in [0.25, 0.3) is 11.4 Å². The van der Waals surface area contributed by atoms with E-state index in [1.165, 1.54) is 12.3 Å². The fourth-order valence-electron chi connectivity index (χ4n) is 3.63. The van der Waals surface area contributed by atoms with Crippen LogP contribution < -0.4 is 5.43 Å². The first-order chi connectivity index (χ1) is 15.7. The van der Waals surface area contributed by atoms with Gasteiger partial charge in [-0.1, -0.05) is 6.07 Å². The molecule has 0 spiro atoms. The molecule has 33 heavy (non-hydrogen) atoms. The number of nitrogens with zero attached hydrogens (tertiary/aromatic N) is 3. The summed E-state index contributed by atoms with van der Waals surface area (Å²) >= 11 is 0. The Morgan fingerprint density at radius 1 is 0.909 bits per heavy atom. The van der Waals surface area contributed by atoms with Crippen LogP contribution >= 0.6 is 0 Å². The second-order valence-corrected chi connectivity index (χ2v) is 7.55. The Labute approximate surface area is 188 Å². The first-order valence-electron chi connectivity index (χ1n) is 10.2. The van der Waals surface area contributed by atoms with Gasteiger partial charge < -0.3 is 9.13 Å². The third kappa shape index (κ3) is 4.74. The molecule has 2 heterocycles. The van der Waals surface area contributed by atoms with Gasteiger partial charge in [-0.25, -0.2) is 5.43 Å². The van der Waals surface area contributed by atoms with Crippen LogP contribution in [0, 0.1) is 13.8 Å². The van der Waals surface area contributed by atoms with Crippen molar-refractivity contribution >= 4 is 12.1 Å². The van der Waals surface area contributed by atoms with E-state index in [0.717, 1.165) is 29.2 Å². The van der Waals surface area contributed by atoms with Crippen LogP contribution in [0.3, 0.4) is 0 Å². The summed E-state index contributed by atoms with van der Waals surface area (Å²) in [6.07, 6.45) is -1.42. The van der Waals surface area contributed by atoms with E-state index in [9.17, 15) is 18.0 Å². The number of alkyl halides is 3. The smallest absolute Gasteiger partial charge is 0.319 e. The molecule has 1 N–H and O–H groups in total. The van der Waals surface area contributed by atoms with E-state index < -0.39 is 17.6 Å². The SMILES string of the molecule is Cc1ccc(C)n1-c1ccc(C(=O)N/N=C\c2cccn2-c2cccc(C(F)(F)F)c2)cc1. The summed E-state index contributed by atoms with van der Waals surface area (Å²) in [6, 6.07) is 19.6. The number of rotatable bonds is 5. The lowest BCUT2D eigenvalue weighted by molar-refractivity contribution is -0.137. The molecule has 4 rings (SSSR count). The standard InChI is InChI=1S/C25H21F3N4O/c1-17-8-9-18(2)32(17)21-12-10-19(11-13-21)24(33)30-29-16-23-7-4-14-31(23)22-6-3-5-20(15-22)25(26,27)28/h3-16H,1-2H3,(H,30,33)/b29-16-. The summed E-state index contributed by atoms with van der Waals surface area (Å²) in [4.78, 5) is 12.5. The zero-order valence-electron chi connectivity index (χ0n) is 18.0. The Balaban J connectivity index is 1.47. The summed E-state index contributed by atoms with van der Waals surface area (Å²) in [7, 11) is 0. The number of aromatic nitrogens is 2. The van der Waals surface area contributed by atoms with Crippen LogP contribution in [-0.4, -0.2) is 21.3 Å². The van der Waals surface area contributed by atoms with Crippen molar-refractivity contribution in [2.45, 2.75) is 20.0 Å². The van der Waals surface area contributed by atoms with Gasteiger partial charge in [0.2, 0.25) is 0 Å². The number of hydrazone groups is 1. The molecule has 0 unspecified atom stereocenters. The van der Waals surface area contributed by atoms with E-state index in [-0.39, 0.29) is 0 Å². The maximum atomic E-state index is 13.0. The van der Waals surface area contributed by atoms with Crippen LogP contribution in [0.4, 0.5) is 13.2 Å². The molecule has 0 bridgehead atoms. The van der Waals surface area contributed by atoms with Crippen LogP contribution in [0.1, 0.15) is 33.0 Å². The zero-order valence-corrected chi connectivity index (χ0v) is 18.0. The highest BCUT2D eigenvalue weighted by atomic mass is 19.4. The highest BCUT2D eigenvalue weighted by Crippen LogP contribution is 2.30. The normalized spacial score (nSPS) is 11.8. The molecule has 0 radical (unpaired) electrons. The Kier molecular flexibility index (Phi) is 5.91. The summed E-state index contributed by atoms with van der Waals surface area (Å²) in [6.45, 7) is 4.02. The monoisotopic (exact) mass is 450 g/mol. The average Bonchev–Trinajstić information content (AvgIpc) is 3.39. The third-order valence-corrected chi connectivity index (χ3v) is 5.25. The molecule has 0 fully saturated rings. The second-order valence-electron chi connectivity index (χ2n) is 7.55. The van der Waals surface area contributed by atoms with E-state index >= 15 is 0 Å². The van der Waals surface area contributed by atoms with Gasteiger partial charge in [0.05, 0.1) is 17.5 Å². The number of carbonyl (C=O) groups excluding carboxylic acids is 1. The molecule has 2 aromatic heterocycles. The van der Waals surface area contributed by atoms with Gasteiger partial charge in [0.1, 0.15) is 0 Å². The van der Waals surface area contributed by atoms with Crippen molar-refractivity contribution < 1.29 is 18.0 Å². The fraction of sp³-hybridized carbons (Fsp3) is 0.120. The molecule has 0 saturated heterocycles. The van der Waals surface area contributed by atoms with Crippen molar-refractivity contribution in [3.05, 3.63) is 107 Å². The predicted octanol–water partition coefficient (Wildman–Crippen LogP) is 5.67. The van der Waals surface area contributed by atoms with Crippen molar-refractivity contribution in [3.63, 3.8) is 0 Å². The first kappa shape index (κ1) is 22.1. The summed E-state index contributed by atoms with van der Waals surface area (Å²) in [5.41, 5.74) is 6.16. The van der Waals surface area contributed by atoms with Crippen LogP contribution in [0.5, 0.6) is 0 Å². The Morgan fingerprint density at radius 2 is 1.61 bits per heavy atom. The lowest BCUT2D eigenvalue weighted by Gasteiger charge is -2.11. The number of carbonyl (C=O) groups is 1. The fourth-order valence-corrected chi connectivity index (χ4v) is 3.63. The Hall–Kier alpha value is -4.07. The number of halogens is 3. The van der Waals surface area contributed by atoms with Gasteiger partial charge in [0.25, 0.3) is 5.91 Å². The highest BCUT2D eigenvalue weighted by molar-refractivity contribution is 5.95. The lowest BCUT2D eigenvalue weighted by Crippen LogP contribution is -2.18. The summed E-state index contributed by atoms with van der Waals surface area (Å²) < 4.78 is 42.7. The maximum Gasteiger partial charge on any atom is 0.416 e. The minimum absolute atomic E-state index is 0.341. The molecule has 0 saturated carbocycles. The molecule has 0 atom stereocenters. The minimum Gasteiger partial charge on any atom is -0.319 e. The molecule has 1 amide bonds. The van der Waals surface area contributed by atoms with E-state index in [0.29, 0.717) is 16.9 Å². The first-order valence-corrected chi connectivity index (χ1v) is 10.2. The lowest BCUT2D eigenvalue weighted by atomic mass is 10.2. The molecule has 4 aromatic rings. The number of benzene rings is 2. The minimum atomic E-state index is -4.43. The molecule has 168 valence electrons. The molecule has 5 nitrogen and oxygen atoms in total. The largest absolute Gasteiger partial charge is 0.416 e. The average molecular weight is 450 g/mol.